The Balaban J connectivity index is 1.70. The Bertz CT molecular complexity index is 675. The van der Waals surface area contributed by atoms with Gasteiger partial charge in [-0.1, -0.05) is 12.1 Å². The molecule has 0 N–H and O–H groups in total. The summed E-state index contributed by atoms with van der Waals surface area (Å²) in [5.74, 6) is 0.818. The van der Waals surface area contributed by atoms with Gasteiger partial charge < -0.3 is 9.64 Å². The van der Waals surface area contributed by atoms with E-state index >= 15 is 0 Å². The number of rotatable bonds is 4. The van der Waals surface area contributed by atoms with Crippen LogP contribution in [-0.4, -0.2) is 36.1 Å². The van der Waals surface area contributed by atoms with Crippen molar-refractivity contribution in [3.8, 4) is 5.75 Å². The van der Waals surface area contributed by atoms with Crippen molar-refractivity contribution >= 4 is 27.6 Å². The zero-order valence-electron chi connectivity index (χ0n) is 12.2. The molecule has 0 bridgehead atoms. The zero-order valence-corrected chi connectivity index (χ0v) is 13.8. The van der Waals surface area contributed by atoms with E-state index in [1.165, 1.54) is 0 Å². The third-order valence-electron chi connectivity index (χ3n) is 3.63. The topological polar surface area (TPSA) is 45.7 Å². The highest BCUT2D eigenvalue weighted by molar-refractivity contribution is 9.10. The Hall–Kier alpha value is -2.08. The molecule has 114 valence electrons. The number of ether oxygens (including phenoxy) is 1. The molecule has 1 aliphatic rings. The third kappa shape index (κ3) is 3.06. The van der Waals surface area contributed by atoms with Crippen LogP contribution < -0.4 is 9.64 Å². The van der Waals surface area contributed by atoms with Crippen LogP contribution in [-0.2, 0) is 6.54 Å². The lowest BCUT2D eigenvalue weighted by Crippen LogP contribution is -2.31. The van der Waals surface area contributed by atoms with Crippen LogP contribution in [0.2, 0.25) is 0 Å². The molecule has 0 spiro atoms. The number of amides is 2. The minimum atomic E-state index is 0.00992. The second-order valence-electron chi connectivity index (χ2n) is 5.07. The lowest BCUT2D eigenvalue weighted by Gasteiger charge is -2.18. The fraction of sp³-hybridized carbons (Fsp3) is 0.250. The van der Waals surface area contributed by atoms with Crippen LogP contribution in [0, 0.1) is 0 Å². The van der Waals surface area contributed by atoms with E-state index < -0.39 is 0 Å². The molecule has 1 aromatic carbocycles. The lowest BCUT2D eigenvalue weighted by molar-refractivity contribution is 0.218. The number of carbonyl (C=O) groups excluding carboxylic acids is 1. The van der Waals surface area contributed by atoms with E-state index in [1.54, 1.807) is 24.4 Å². The van der Waals surface area contributed by atoms with E-state index in [1.807, 2.05) is 35.2 Å². The summed E-state index contributed by atoms with van der Waals surface area (Å²) in [7, 11) is 1.64. The summed E-state index contributed by atoms with van der Waals surface area (Å²) in [5, 5.41) is 0. The minimum absolute atomic E-state index is 0.00992. The number of anilines is 1. The Labute approximate surface area is 137 Å². The van der Waals surface area contributed by atoms with Crippen molar-refractivity contribution in [1.82, 2.24) is 9.88 Å². The van der Waals surface area contributed by atoms with E-state index in [2.05, 4.69) is 20.9 Å². The number of aromatic nitrogens is 1. The van der Waals surface area contributed by atoms with E-state index in [0.29, 0.717) is 19.6 Å². The summed E-state index contributed by atoms with van der Waals surface area (Å²) < 4.78 is 6.01. The van der Waals surface area contributed by atoms with Crippen LogP contribution >= 0.6 is 15.9 Å². The molecular weight excluding hydrogens is 346 g/mol. The number of halogens is 1. The highest BCUT2D eigenvalue weighted by atomic mass is 79.9. The number of benzene rings is 1. The number of nitrogens with zero attached hydrogens (tertiary/aromatic N) is 3. The average molecular weight is 362 g/mol. The molecule has 22 heavy (non-hydrogen) atoms. The first-order valence-electron chi connectivity index (χ1n) is 6.97. The van der Waals surface area contributed by atoms with E-state index in [4.69, 9.17) is 4.74 Å². The Morgan fingerprint density at radius 2 is 2.00 bits per heavy atom. The maximum absolute atomic E-state index is 12.5. The smallest absolute Gasteiger partial charge is 0.324 e. The molecule has 2 amide bonds. The van der Waals surface area contributed by atoms with Gasteiger partial charge in [-0.05, 0) is 39.7 Å². The number of methoxy groups -OCH3 is 1. The molecule has 1 aliphatic heterocycles. The maximum atomic E-state index is 12.5. The standard InChI is InChI=1S/C16H16BrN3O2/c1-22-15-4-2-12(3-5-15)11-19-6-7-20(16(19)21)14-8-13(17)9-18-10-14/h2-5,8-10H,6-7,11H2,1H3. The minimum Gasteiger partial charge on any atom is -0.497 e. The van der Waals surface area contributed by atoms with Gasteiger partial charge in [-0.3, -0.25) is 9.88 Å². The maximum Gasteiger partial charge on any atom is 0.324 e. The van der Waals surface area contributed by atoms with Gasteiger partial charge >= 0.3 is 6.03 Å². The van der Waals surface area contributed by atoms with Gasteiger partial charge in [-0.25, -0.2) is 4.79 Å². The molecule has 0 radical (unpaired) electrons. The van der Waals surface area contributed by atoms with Crippen molar-refractivity contribution in [2.24, 2.45) is 0 Å². The van der Waals surface area contributed by atoms with E-state index in [-0.39, 0.29) is 6.03 Å². The summed E-state index contributed by atoms with van der Waals surface area (Å²) in [6, 6.07) is 9.69. The van der Waals surface area contributed by atoms with Crippen LogP contribution in [0.15, 0.2) is 47.2 Å². The largest absolute Gasteiger partial charge is 0.497 e. The molecule has 0 atom stereocenters. The lowest BCUT2D eigenvalue weighted by atomic mass is 10.2. The summed E-state index contributed by atoms with van der Waals surface area (Å²) in [6.07, 6.45) is 3.42. The molecule has 1 aromatic heterocycles. The van der Waals surface area contributed by atoms with Crippen LogP contribution in [0.5, 0.6) is 5.75 Å². The van der Waals surface area contributed by atoms with Crippen molar-refractivity contribution in [2.75, 3.05) is 25.1 Å². The van der Waals surface area contributed by atoms with E-state index in [9.17, 15) is 4.79 Å². The molecule has 5 nitrogen and oxygen atoms in total. The molecule has 0 saturated carbocycles. The summed E-state index contributed by atoms with van der Waals surface area (Å²) in [6.45, 7) is 1.98. The SMILES string of the molecule is COc1ccc(CN2CCN(c3cncc(Br)c3)C2=O)cc1. The normalized spacial score (nSPS) is 14.5. The average Bonchev–Trinajstić information content (AvgIpc) is 2.89. The van der Waals surface area contributed by atoms with Crippen LogP contribution in [0.4, 0.5) is 10.5 Å². The second-order valence-corrected chi connectivity index (χ2v) is 5.98. The Morgan fingerprint density at radius 1 is 1.23 bits per heavy atom. The highest BCUT2D eigenvalue weighted by Gasteiger charge is 2.29. The van der Waals surface area contributed by atoms with E-state index in [0.717, 1.165) is 21.5 Å². The summed E-state index contributed by atoms with van der Waals surface area (Å²) >= 11 is 3.39. The van der Waals surface area contributed by atoms with Crippen LogP contribution in [0.25, 0.3) is 0 Å². The van der Waals surface area contributed by atoms with Crippen molar-refractivity contribution in [3.63, 3.8) is 0 Å². The predicted octanol–water partition coefficient (Wildman–Crippen LogP) is 3.29. The zero-order chi connectivity index (χ0) is 15.5. The monoisotopic (exact) mass is 361 g/mol. The Morgan fingerprint density at radius 3 is 2.68 bits per heavy atom. The van der Waals surface area contributed by atoms with Gasteiger partial charge in [-0.2, -0.15) is 0 Å². The van der Waals surface area contributed by atoms with Gasteiger partial charge in [0.15, 0.2) is 0 Å². The van der Waals surface area contributed by atoms with Gasteiger partial charge in [0.25, 0.3) is 0 Å². The molecule has 0 aliphatic carbocycles. The fourth-order valence-corrected chi connectivity index (χ4v) is 2.82. The van der Waals surface area contributed by atoms with Gasteiger partial charge in [0.2, 0.25) is 0 Å². The molecule has 2 aromatic rings. The van der Waals surface area contributed by atoms with Crippen molar-refractivity contribution in [3.05, 3.63) is 52.8 Å². The second kappa shape index (κ2) is 6.36. The van der Waals surface area contributed by atoms with Crippen molar-refractivity contribution in [1.29, 1.82) is 0 Å². The number of urea groups is 1. The van der Waals surface area contributed by atoms with Crippen LogP contribution in [0.1, 0.15) is 5.56 Å². The number of hydrogen-bond acceptors (Lipinski definition) is 3. The van der Waals surface area contributed by atoms with Crippen LogP contribution in [0.3, 0.4) is 0 Å². The summed E-state index contributed by atoms with van der Waals surface area (Å²) in [5.41, 5.74) is 1.90. The molecule has 2 heterocycles. The first kappa shape index (κ1) is 14.8. The number of hydrogen-bond donors (Lipinski definition) is 0. The van der Waals surface area contributed by atoms with Gasteiger partial charge in [0.1, 0.15) is 5.75 Å². The first-order chi connectivity index (χ1) is 10.7. The quantitative estimate of drug-likeness (QED) is 0.839. The highest BCUT2D eigenvalue weighted by Crippen LogP contribution is 2.24. The molecule has 0 unspecified atom stereocenters. The summed E-state index contributed by atoms with van der Waals surface area (Å²) in [4.78, 5) is 20.2. The first-order valence-corrected chi connectivity index (χ1v) is 7.76. The van der Waals surface area contributed by atoms with Gasteiger partial charge in [-0.15, -0.1) is 0 Å². The molecular formula is C16H16BrN3O2. The molecule has 1 saturated heterocycles. The van der Waals surface area contributed by atoms with Crippen molar-refractivity contribution in [2.45, 2.75) is 6.54 Å². The predicted molar refractivity (Wildman–Crippen MR) is 88.1 cm³/mol. The number of pyridine rings is 1. The molecule has 3 rings (SSSR count). The van der Waals surface area contributed by atoms with Gasteiger partial charge in [0.05, 0.1) is 19.0 Å². The molecule has 1 fully saturated rings. The van der Waals surface area contributed by atoms with Gasteiger partial charge in [0, 0.05) is 30.3 Å². The van der Waals surface area contributed by atoms with Crippen molar-refractivity contribution < 1.29 is 9.53 Å². The Kier molecular flexibility index (Phi) is 4.29. The fourth-order valence-electron chi connectivity index (χ4n) is 2.47. The molecule has 6 heteroatoms. The number of carbonyl (C=O) groups is 1. The third-order valence-corrected chi connectivity index (χ3v) is 4.06.